The van der Waals surface area contributed by atoms with Gasteiger partial charge in [0.05, 0.1) is 18.2 Å². The summed E-state index contributed by atoms with van der Waals surface area (Å²) in [6.45, 7) is 10.8. The number of carboxylic acid groups (broad SMARTS) is 1. The van der Waals surface area contributed by atoms with E-state index in [1.807, 2.05) is 33.9 Å². The molecule has 1 amide bonds. The van der Waals surface area contributed by atoms with E-state index in [2.05, 4.69) is 0 Å². The fourth-order valence-electron chi connectivity index (χ4n) is 2.30. The number of halogens is 3. The third kappa shape index (κ3) is 5.69. The van der Waals surface area contributed by atoms with E-state index in [1.54, 1.807) is 6.92 Å². The summed E-state index contributed by atoms with van der Waals surface area (Å²) in [6, 6.07) is 3.56. The lowest BCUT2D eigenvalue weighted by Crippen LogP contribution is -2.52. The van der Waals surface area contributed by atoms with Gasteiger partial charge in [0.15, 0.2) is 0 Å². The predicted molar refractivity (Wildman–Crippen MR) is 98.9 cm³/mol. The van der Waals surface area contributed by atoms with Gasteiger partial charge in [0.2, 0.25) is 8.32 Å². The molecule has 0 radical (unpaired) electrons. The van der Waals surface area contributed by atoms with Crippen LogP contribution in [0.5, 0.6) is 0 Å². The number of aliphatic hydroxyl groups excluding tert-OH is 1. The van der Waals surface area contributed by atoms with Crippen molar-refractivity contribution in [1.29, 1.82) is 0 Å². The van der Waals surface area contributed by atoms with Crippen molar-refractivity contribution in [2.75, 3.05) is 6.61 Å². The number of carbonyl (C=O) groups is 1. The number of hydrogen-bond donors (Lipinski definition) is 2. The van der Waals surface area contributed by atoms with Crippen LogP contribution < -0.4 is 0 Å². The number of nitrogens with zero attached hydrogens (tertiary/aromatic N) is 1. The highest BCUT2D eigenvalue weighted by Crippen LogP contribution is 2.38. The Kier molecular flexibility index (Phi) is 7.12. The summed E-state index contributed by atoms with van der Waals surface area (Å²) in [7, 11) is -2.47. The average Bonchev–Trinajstić information content (AvgIpc) is 2.51. The van der Waals surface area contributed by atoms with Crippen LogP contribution in [0.3, 0.4) is 0 Å². The first-order valence-corrected chi connectivity index (χ1v) is 11.5. The smallest absolute Gasteiger partial charge is 0.430 e. The van der Waals surface area contributed by atoms with Crippen LogP contribution >= 0.6 is 0 Å². The molecule has 1 rings (SSSR count). The number of rotatable bonds is 6. The molecule has 0 aliphatic heterocycles. The Bertz CT molecular complexity index is 641. The molecule has 27 heavy (non-hydrogen) atoms. The third-order valence-electron chi connectivity index (χ3n) is 5.14. The topological polar surface area (TPSA) is 70.0 Å². The summed E-state index contributed by atoms with van der Waals surface area (Å²) in [4.78, 5) is 11.8. The second kappa shape index (κ2) is 8.20. The van der Waals surface area contributed by atoms with Crippen molar-refractivity contribution in [1.82, 2.24) is 5.06 Å². The minimum absolute atomic E-state index is 0.247. The molecule has 1 aromatic carbocycles. The fraction of sp³-hybridized carbons (Fsp3) is 0.611. The Hall–Kier alpha value is -1.58. The molecule has 0 fully saturated rings. The second-order valence-corrected chi connectivity index (χ2v) is 12.8. The van der Waals surface area contributed by atoms with Gasteiger partial charge in [-0.1, -0.05) is 32.9 Å². The highest BCUT2D eigenvalue weighted by atomic mass is 28.4. The Morgan fingerprint density at radius 1 is 1.19 bits per heavy atom. The van der Waals surface area contributed by atoms with Crippen LogP contribution in [-0.2, 0) is 10.7 Å². The monoisotopic (exact) mass is 407 g/mol. The van der Waals surface area contributed by atoms with Crippen LogP contribution in [0.4, 0.5) is 18.0 Å². The molecule has 0 spiro atoms. The molecule has 0 bridgehead atoms. The minimum atomic E-state index is -4.46. The Morgan fingerprint density at radius 3 is 2.00 bits per heavy atom. The maximum atomic E-state index is 12.7. The van der Waals surface area contributed by atoms with Crippen molar-refractivity contribution in [3.05, 3.63) is 35.4 Å². The van der Waals surface area contributed by atoms with Crippen LogP contribution in [0, 0.1) is 0 Å². The molecular weight excluding hydrogens is 379 g/mol. The molecule has 0 heterocycles. The molecular formula is C18H28F3NO4Si. The summed E-state index contributed by atoms with van der Waals surface area (Å²) >= 11 is 0. The van der Waals surface area contributed by atoms with Crippen molar-refractivity contribution in [2.24, 2.45) is 0 Å². The zero-order valence-electron chi connectivity index (χ0n) is 16.5. The second-order valence-electron chi connectivity index (χ2n) is 8.11. The van der Waals surface area contributed by atoms with Gasteiger partial charge in [-0.25, -0.2) is 4.79 Å². The molecule has 2 atom stereocenters. The zero-order valence-corrected chi connectivity index (χ0v) is 17.5. The minimum Gasteiger partial charge on any atom is -0.463 e. The standard InChI is InChI=1S/C18H28F3NO4Si/c1-12(22(16(24)25)26-27(5,6)17(2,3)4)15(11-23)13-7-9-14(10-8-13)18(19,20)21/h7-10,12,15,23H,11H2,1-6H3,(H,24,25)/t12-,15+/m0/s1. The predicted octanol–water partition coefficient (Wildman–Crippen LogP) is 5.09. The molecule has 1 aromatic rings. The van der Waals surface area contributed by atoms with E-state index in [-0.39, 0.29) is 5.04 Å². The first kappa shape index (κ1) is 23.5. The van der Waals surface area contributed by atoms with E-state index in [0.29, 0.717) is 5.56 Å². The molecule has 0 aliphatic rings. The van der Waals surface area contributed by atoms with Crippen LogP contribution in [0.15, 0.2) is 24.3 Å². The highest BCUT2D eigenvalue weighted by Gasteiger charge is 2.43. The van der Waals surface area contributed by atoms with Gasteiger partial charge >= 0.3 is 12.3 Å². The molecule has 0 aromatic heterocycles. The molecule has 0 saturated carbocycles. The van der Waals surface area contributed by atoms with E-state index >= 15 is 0 Å². The van der Waals surface area contributed by atoms with Crippen molar-refractivity contribution in [3.8, 4) is 0 Å². The molecule has 0 unspecified atom stereocenters. The van der Waals surface area contributed by atoms with Crippen molar-refractivity contribution in [2.45, 2.75) is 64.0 Å². The summed E-state index contributed by atoms with van der Waals surface area (Å²) in [5.74, 6) is -0.729. The zero-order chi connectivity index (χ0) is 21.2. The normalized spacial score (nSPS) is 15.3. The quantitative estimate of drug-likeness (QED) is 0.509. The lowest BCUT2D eigenvalue weighted by Gasteiger charge is -2.42. The average molecular weight is 408 g/mol. The van der Waals surface area contributed by atoms with Crippen LogP contribution in [-0.4, -0.2) is 42.3 Å². The van der Waals surface area contributed by atoms with Crippen LogP contribution in [0.2, 0.25) is 18.1 Å². The van der Waals surface area contributed by atoms with Crippen molar-refractivity contribution in [3.63, 3.8) is 0 Å². The summed E-state index contributed by atoms with van der Waals surface area (Å²) in [5, 5.41) is 20.0. The van der Waals surface area contributed by atoms with Crippen LogP contribution in [0.1, 0.15) is 44.7 Å². The Morgan fingerprint density at radius 2 is 1.67 bits per heavy atom. The molecule has 2 N–H and O–H groups in total. The first-order valence-electron chi connectivity index (χ1n) is 8.61. The van der Waals surface area contributed by atoms with E-state index in [9.17, 15) is 28.2 Å². The van der Waals surface area contributed by atoms with Crippen molar-refractivity contribution >= 4 is 14.4 Å². The first-order chi connectivity index (χ1) is 12.1. The van der Waals surface area contributed by atoms with Gasteiger partial charge in [0, 0.05) is 5.92 Å². The Labute approximate surface area is 158 Å². The summed E-state index contributed by atoms with van der Waals surface area (Å²) < 4.78 is 44.1. The number of alkyl halides is 3. The van der Waals surface area contributed by atoms with E-state index in [4.69, 9.17) is 4.53 Å². The van der Waals surface area contributed by atoms with E-state index < -0.39 is 44.7 Å². The number of hydrogen-bond acceptors (Lipinski definition) is 3. The SMILES string of the molecule is C[C@@H]([C@@H](CO)c1ccc(C(F)(F)F)cc1)N(O[Si](C)(C)C(C)(C)C)C(=O)O. The number of hydroxylamine groups is 2. The van der Waals surface area contributed by atoms with E-state index in [0.717, 1.165) is 17.2 Å². The van der Waals surface area contributed by atoms with E-state index in [1.165, 1.54) is 12.1 Å². The van der Waals surface area contributed by atoms with Gasteiger partial charge in [0.25, 0.3) is 0 Å². The number of amides is 1. The van der Waals surface area contributed by atoms with Gasteiger partial charge in [-0.3, -0.25) is 0 Å². The maximum Gasteiger partial charge on any atom is 0.430 e. The maximum absolute atomic E-state index is 12.7. The molecule has 0 saturated heterocycles. The van der Waals surface area contributed by atoms with Gasteiger partial charge in [-0.15, -0.1) is 0 Å². The van der Waals surface area contributed by atoms with Crippen molar-refractivity contribution < 1.29 is 32.7 Å². The van der Waals surface area contributed by atoms with Gasteiger partial charge in [0.1, 0.15) is 0 Å². The lowest BCUT2D eigenvalue weighted by molar-refractivity contribution is -0.137. The Balaban J connectivity index is 3.15. The van der Waals surface area contributed by atoms with Gasteiger partial charge < -0.3 is 14.7 Å². The largest absolute Gasteiger partial charge is 0.463 e. The third-order valence-corrected chi connectivity index (χ3v) is 9.40. The van der Waals surface area contributed by atoms with Gasteiger partial charge in [-0.2, -0.15) is 18.2 Å². The molecule has 5 nitrogen and oxygen atoms in total. The molecule has 0 aliphatic carbocycles. The summed E-state index contributed by atoms with van der Waals surface area (Å²) in [5.41, 5.74) is -0.397. The lowest BCUT2D eigenvalue weighted by atomic mass is 9.92. The summed E-state index contributed by atoms with van der Waals surface area (Å²) in [6.07, 6.45) is -5.77. The molecule has 9 heteroatoms. The number of benzene rings is 1. The fourth-order valence-corrected chi connectivity index (χ4v) is 3.31. The highest BCUT2D eigenvalue weighted by molar-refractivity contribution is 6.74. The molecule has 154 valence electrons. The van der Waals surface area contributed by atoms with Gasteiger partial charge in [-0.05, 0) is 42.8 Å². The van der Waals surface area contributed by atoms with Crippen LogP contribution in [0.25, 0.3) is 0 Å². The number of aliphatic hydroxyl groups is 1.